The Hall–Kier alpha value is -0.680. The first-order valence-corrected chi connectivity index (χ1v) is 5.55. The van der Waals surface area contributed by atoms with E-state index in [1.807, 2.05) is 0 Å². The standard InChI is InChI=1S/C9H15N3OS/c1-9(2,3)7-10-11-8(14-7)12-4-6(13)5-12/h6,13H,4-5H2,1-3H3. The number of aromatic nitrogens is 2. The van der Waals surface area contributed by atoms with Gasteiger partial charge in [0.15, 0.2) is 0 Å². The molecule has 2 rings (SSSR count). The van der Waals surface area contributed by atoms with Crippen LogP contribution in [0.15, 0.2) is 0 Å². The minimum absolute atomic E-state index is 0.0688. The molecule has 1 aromatic heterocycles. The fraction of sp³-hybridized carbons (Fsp3) is 0.778. The van der Waals surface area contributed by atoms with Gasteiger partial charge in [-0.25, -0.2) is 0 Å². The molecule has 1 N–H and O–H groups in total. The van der Waals surface area contributed by atoms with E-state index in [0.29, 0.717) is 13.1 Å². The first-order valence-electron chi connectivity index (χ1n) is 4.74. The van der Waals surface area contributed by atoms with E-state index in [-0.39, 0.29) is 11.5 Å². The molecule has 0 radical (unpaired) electrons. The molecular weight excluding hydrogens is 198 g/mol. The predicted molar refractivity (Wildman–Crippen MR) is 56.8 cm³/mol. The predicted octanol–water partition coefficient (Wildman–Crippen LogP) is 1.02. The summed E-state index contributed by atoms with van der Waals surface area (Å²) >= 11 is 1.62. The van der Waals surface area contributed by atoms with E-state index in [2.05, 4.69) is 35.9 Å². The maximum absolute atomic E-state index is 9.16. The van der Waals surface area contributed by atoms with E-state index in [1.165, 1.54) is 0 Å². The molecular formula is C9H15N3OS. The molecule has 4 nitrogen and oxygen atoms in total. The highest BCUT2D eigenvalue weighted by molar-refractivity contribution is 7.15. The summed E-state index contributed by atoms with van der Waals surface area (Å²) in [6.07, 6.45) is -0.183. The van der Waals surface area contributed by atoms with Gasteiger partial charge in [-0.1, -0.05) is 32.1 Å². The van der Waals surface area contributed by atoms with Crippen LogP contribution in [-0.2, 0) is 5.41 Å². The molecule has 1 aromatic rings. The van der Waals surface area contributed by atoms with E-state index >= 15 is 0 Å². The number of anilines is 1. The fourth-order valence-corrected chi connectivity index (χ4v) is 2.18. The van der Waals surface area contributed by atoms with Gasteiger partial charge >= 0.3 is 0 Å². The molecule has 0 aromatic carbocycles. The molecule has 1 fully saturated rings. The Bertz CT molecular complexity index is 325. The summed E-state index contributed by atoms with van der Waals surface area (Å²) in [5.74, 6) is 0. The molecule has 0 aliphatic carbocycles. The van der Waals surface area contributed by atoms with Crippen molar-refractivity contribution in [2.45, 2.75) is 32.3 Å². The van der Waals surface area contributed by atoms with Gasteiger partial charge in [-0.05, 0) is 0 Å². The second-order valence-electron chi connectivity index (χ2n) is 4.70. The van der Waals surface area contributed by atoms with Crippen molar-refractivity contribution in [2.75, 3.05) is 18.0 Å². The number of nitrogens with zero attached hydrogens (tertiary/aromatic N) is 3. The monoisotopic (exact) mass is 213 g/mol. The highest BCUT2D eigenvalue weighted by Gasteiger charge is 2.29. The van der Waals surface area contributed by atoms with Crippen LogP contribution in [0.1, 0.15) is 25.8 Å². The summed E-state index contributed by atoms with van der Waals surface area (Å²) in [7, 11) is 0. The van der Waals surface area contributed by atoms with E-state index in [4.69, 9.17) is 5.11 Å². The Kier molecular flexibility index (Phi) is 2.23. The molecule has 0 spiro atoms. The number of aliphatic hydroxyl groups excluding tert-OH is 1. The fourth-order valence-electron chi connectivity index (χ4n) is 1.26. The minimum Gasteiger partial charge on any atom is -0.389 e. The topological polar surface area (TPSA) is 49.2 Å². The van der Waals surface area contributed by atoms with Crippen molar-refractivity contribution in [3.05, 3.63) is 5.01 Å². The van der Waals surface area contributed by atoms with Gasteiger partial charge in [-0.3, -0.25) is 0 Å². The highest BCUT2D eigenvalue weighted by atomic mass is 32.1. The highest BCUT2D eigenvalue weighted by Crippen LogP contribution is 2.31. The summed E-state index contributed by atoms with van der Waals surface area (Å²) in [5.41, 5.74) is 0.0688. The summed E-state index contributed by atoms with van der Waals surface area (Å²) in [6.45, 7) is 7.77. The third-order valence-corrected chi connectivity index (χ3v) is 3.60. The zero-order chi connectivity index (χ0) is 10.3. The SMILES string of the molecule is CC(C)(C)c1nnc(N2CC(O)C2)s1. The Balaban J connectivity index is 2.11. The molecule has 5 heteroatoms. The van der Waals surface area contributed by atoms with E-state index in [9.17, 15) is 0 Å². The van der Waals surface area contributed by atoms with Crippen LogP contribution in [0.5, 0.6) is 0 Å². The molecule has 78 valence electrons. The lowest BCUT2D eigenvalue weighted by atomic mass is 9.98. The van der Waals surface area contributed by atoms with Gasteiger partial charge in [0, 0.05) is 18.5 Å². The van der Waals surface area contributed by atoms with E-state index < -0.39 is 0 Å². The largest absolute Gasteiger partial charge is 0.389 e. The number of hydrogen-bond donors (Lipinski definition) is 1. The van der Waals surface area contributed by atoms with E-state index in [0.717, 1.165) is 10.1 Å². The van der Waals surface area contributed by atoms with Crippen molar-refractivity contribution >= 4 is 16.5 Å². The Morgan fingerprint density at radius 3 is 2.43 bits per heavy atom. The zero-order valence-corrected chi connectivity index (χ0v) is 9.51. The number of rotatable bonds is 1. The molecule has 1 saturated heterocycles. The summed E-state index contributed by atoms with van der Waals surface area (Å²) in [4.78, 5) is 2.05. The Labute approximate surface area is 87.6 Å². The van der Waals surface area contributed by atoms with Crippen LogP contribution in [0.25, 0.3) is 0 Å². The van der Waals surface area contributed by atoms with Gasteiger partial charge in [0.1, 0.15) is 5.01 Å². The number of β-amino-alcohol motifs (C(OH)–C–C–N with tert-alkyl or cyclic N) is 1. The van der Waals surface area contributed by atoms with Crippen LogP contribution in [0.2, 0.25) is 0 Å². The Morgan fingerprint density at radius 2 is 2.00 bits per heavy atom. The van der Waals surface area contributed by atoms with Crippen LogP contribution in [-0.4, -0.2) is 34.5 Å². The average molecular weight is 213 g/mol. The summed E-state index contributed by atoms with van der Waals surface area (Å²) in [5, 5.41) is 19.4. The number of aliphatic hydroxyl groups is 1. The van der Waals surface area contributed by atoms with Gasteiger partial charge in [-0.2, -0.15) is 0 Å². The average Bonchev–Trinajstić information content (AvgIpc) is 2.45. The van der Waals surface area contributed by atoms with Crippen molar-refractivity contribution in [1.82, 2.24) is 10.2 Å². The second kappa shape index (κ2) is 3.17. The van der Waals surface area contributed by atoms with Crippen LogP contribution < -0.4 is 4.90 Å². The molecule has 1 aliphatic rings. The molecule has 0 atom stereocenters. The molecule has 1 aliphatic heterocycles. The summed E-state index contributed by atoms with van der Waals surface area (Å²) < 4.78 is 0. The maximum Gasteiger partial charge on any atom is 0.208 e. The number of hydrogen-bond acceptors (Lipinski definition) is 5. The van der Waals surface area contributed by atoms with Gasteiger partial charge in [0.2, 0.25) is 5.13 Å². The normalized spacial score (nSPS) is 18.4. The second-order valence-corrected chi connectivity index (χ2v) is 5.65. The van der Waals surface area contributed by atoms with Crippen LogP contribution in [0.4, 0.5) is 5.13 Å². The van der Waals surface area contributed by atoms with Crippen LogP contribution in [0, 0.1) is 0 Å². The van der Waals surface area contributed by atoms with E-state index in [1.54, 1.807) is 11.3 Å². The third kappa shape index (κ3) is 1.74. The maximum atomic E-state index is 9.16. The van der Waals surface area contributed by atoms with Gasteiger partial charge in [0.25, 0.3) is 0 Å². The third-order valence-electron chi connectivity index (χ3n) is 2.19. The van der Waals surface area contributed by atoms with Gasteiger partial charge in [0.05, 0.1) is 6.10 Å². The minimum atomic E-state index is -0.183. The lowest BCUT2D eigenvalue weighted by Gasteiger charge is -2.35. The molecule has 0 saturated carbocycles. The van der Waals surface area contributed by atoms with Crippen molar-refractivity contribution in [3.63, 3.8) is 0 Å². The van der Waals surface area contributed by atoms with Crippen LogP contribution >= 0.6 is 11.3 Å². The molecule has 2 heterocycles. The molecule has 0 amide bonds. The van der Waals surface area contributed by atoms with Gasteiger partial charge in [-0.15, -0.1) is 10.2 Å². The summed E-state index contributed by atoms with van der Waals surface area (Å²) in [6, 6.07) is 0. The first-order chi connectivity index (χ1) is 6.47. The molecule has 0 unspecified atom stereocenters. The van der Waals surface area contributed by atoms with Crippen LogP contribution in [0.3, 0.4) is 0 Å². The van der Waals surface area contributed by atoms with Crippen molar-refractivity contribution in [3.8, 4) is 0 Å². The van der Waals surface area contributed by atoms with Gasteiger partial charge < -0.3 is 10.0 Å². The van der Waals surface area contributed by atoms with Crippen molar-refractivity contribution < 1.29 is 5.11 Å². The lowest BCUT2D eigenvalue weighted by Crippen LogP contribution is -2.50. The Morgan fingerprint density at radius 1 is 1.36 bits per heavy atom. The first kappa shape index (κ1) is 9.86. The lowest BCUT2D eigenvalue weighted by molar-refractivity contribution is 0.141. The molecule has 14 heavy (non-hydrogen) atoms. The smallest absolute Gasteiger partial charge is 0.208 e. The van der Waals surface area contributed by atoms with Crippen molar-refractivity contribution in [2.24, 2.45) is 0 Å². The molecule has 0 bridgehead atoms. The quantitative estimate of drug-likeness (QED) is 0.756. The van der Waals surface area contributed by atoms with Crippen molar-refractivity contribution in [1.29, 1.82) is 0 Å². The zero-order valence-electron chi connectivity index (χ0n) is 8.69.